The van der Waals surface area contributed by atoms with Crippen LogP contribution in [0.3, 0.4) is 0 Å². The van der Waals surface area contributed by atoms with Gasteiger partial charge in [-0.15, -0.1) is 0 Å². The Labute approximate surface area is 112 Å². The molecule has 1 aliphatic carbocycles. The van der Waals surface area contributed by atoms with E-state index in [1.807, 2.05) is 0 Å². The van der Waals surface area contributed by atoms with Crippen LogP contribution in [-0.2, 0) is 0 Å². The molecular formula is C13H20F2N4. The highest BCUT2D eigenvalue weighted by Crippen LogP contribution is 2.22. The predicted octanol–water partition coefficient (Wildman–Crippen LogP) is 2.23. The molecule has 0 aliphatic heterocycles. The van der Waals surface area contributed by atoms with Gasteiger partial charge in [0.05, 0.1) is 0 Å². The van der Waals surface area contributed by atoms with Crippen molar-refractivity contribution in [3.63, 3.8) is 0 Å². The Bertz CT molecular complexity index is 433. The molecule has 1 aliphatic rings. The first-order valence-electron chi connectivity index (χ1n) is 6.63. The molecule has 0 bridgehead atoms. The fourth-order valence-corrected chi connectivity index (χ4v) is 2.48. The molecule has 19 heavy (non-hydrogen) atoms. The molecule has 1 saturated carbocycles. The minimum atomic E-state index is -0.828. The van der Waals surface area contributed by atoms with Gasteiger partial charge in [-0.1, -0.05) is 12.8 Å². The SMILES string of the molecule is CN(CCNc1nc(N)c(F)cc1F)C1CCCC1. The third-order valence-electron chi connectivity index (χ3n) is 3.66. The molecule has 0 atom stereocenters. The standard InChI is InChI=1S/C13H20F2N4/c1-19(9-4-2-3-5-9)7-6-17-13-11(15)8-10(14)12(16)18-13/h8-9H,2-7H2,1H3,(H3,16,17,18). The highest BCUT2D eigenvalue weighted by Gasteiger charge is 2.19. The lowest BCUT2D eigenvalue weighted by molar-refractivity contribution is 0.254. The topological polar surface area (TPSA) is 54.2 Å². The van der Waals surface area contributed by atoms with Crippen LogP contribution in [0.15, 0.2) is 6.07 Å². The van der Waals surface area contributed by atoms with Crippen molar-refractivity contribution in [1.82, 2.24) is 9.88 Å². The molecule has 3 N–H and O–H groups in total. The second-order valence-electron chi connectivity index (χ2n) is 5.03. The number of aromatic nitrogens is 1. The maximum Gasteiger partial charge on any atom is 0.168 e. The molecular weight excluding hydrogens is 250 g/mol. The first-order chi connectivity index (χ1) is 9.08. The monoisotopic (exact) mass is 270 g/mol. The number of hydrogen-bond donors (Lipinski definition) is 2. The van der Waals surface area contributed by atoms with Crippen molar-refractivity contribution >= 4 is 11.6 Å². The summed E-state index contributed by atoms with van der Waals surface area (Å²) < 4.78 is 26.4. The largest absolute Gasteiger partial charge is 0.381 e. The maximum atomic E-state index is 13.4. The lowest BCUT2D eigenvalue weighted by Crippen LogP contribution is -2.33. The van der Waals surface area contributed by atoms with Crippen molar-refractivity contribution in [3.05, 3.63) is 17.7 Å². The van der Waals surface area contributed by atoms with Gasteiger partial charge in [0.15, 0.2) is 23.3 Å². The molecule has 0 saturated heterocycles. The highest BCUT2D eigenvalue weighted by molar-refractivity contribution is 5.44. The third-order valence-corrected chi connectivity index (χ3v) is 3.66. The fraction of sp³-hybridized carbons (Fsp3) is 0.615. The number of rotatable bonds is 5. The number of anilines is 2. The summed E-state index contributed by atoms with van der Waals surface area (Å²) in [5.74, 6) is -1.81. The average Bonchev–Trinajstić information content (AvgIpc) is 2.89. The number of likely N-dealkylation sites (N-methyl/N-ethyl adjacent to an activating group) is 1. The molecule has 1 fully saturated rings. The number of nitrogens with one attached hydrogen (secondary N) is 1. The van der Waals surface area contributed by atoms with Gasteiger partial charge in [-0.05, 0) is 19.9 Å². The second-order valence-corrected chi connectivity index (χ2v) is 5.03. The molecule has 0 unspecified atom stereocenters. The first kappa shape index (κ1) is 14.0. The van der Waals surface area contributed by atoms with E-state index in [2.05, 4.69) is 22.2 Å². The summed E-state index contributed by atoms with van der Waals surface area (Å²) in [5, 5.41) is 2.86. The van der Waals surface area contributed by atoms with Gasteiger partial charge in [-0.25, -0.2) is 13.8 Å². The maximum absolute atomic E-state index is 13.4. The summed E-state index contributed by atoms with van der Waals surface area (Å²) in [7, 11) is 2.07. The van der Waals surface area contributed by atoms with E-state index in [-0.39, 0.29) is 11.6 Å². The van der Waals surface area contributed by atoms with E-state index < -0.39 is 11.6 Å². The van der Waals surface area contributed by atoms with Crippen LogP contribution >= 0.6 is 0 Å². The van der Waals surface area contributed by atoms with Crippen molar-refractivity contribution in [2.75, 3.05) is 31.2 Å². The molecule has 0 amide bonds. The van der Waals surface area contributed by atoms with Crippen molar-refractivity contribution in [1.29, 1.82) is 0 Å². The third kappa shape index (κ3) is 3.53. The molecule has 6 heteroatoms. The Morgan fingerprint density at radius 2 is 2.05 bits per heavy atom. The minimum absolute atomic E-state index is 0.0127. The smallest absolute Gasteiger partial charge is 0.168 e. The Morgan fingerprint density at radius 1 is 1.37 bits per heavy atom. The summed E-state index contributed by atoms with van der Waals surface area (Å²) in [6.07, 6.45) is 5.03. The number of nitrogens with two attached hydrogens (primary N) is 1. The summed E-state index contributed by atoms with van der Waals surface area (Å²) in [4.78, 5) is 5.93. The van der Waals surface area contributed by atoms with E-state index in [9.17, 15) is 8.78 Å². The van der Waals surface area contributed by atoms with E-state index in [4.69, 9.17) is 5.73 Å². The molecule has 2 rings (SSSR count). The van der Waals surface area contributed by atoms with Crippen molar-refractivity contribution in [2.45, 2.75) is 31.7 Å². The van der Waals surface area contributed by atoms with Gasteiger partial charge in [0.2, 0.25) is 0 Å². The molecule has 0 spiro atoms. The minimum Gasteiger partial charge on any atom is -0.381 e. The van der Waals surface area contributed by atoms with Crippen LogP contribution in [0.2, 0.25) is 0 Å². The molecule has 1 aromatic rings. The lowest BCUT2D eigenvalue weighted by atomic mass is 10.2. The first-order valence-corrected chi connectivity index (χ1v) is 6.63. The molecule has 0 radical (unpaired) electrons. The Kier molecular flexibility index (Phi) is 4.52. The van der Waals surface area contributed by atoms with Gasteiger partial charge >= 0.3 is 0 Å². The number of nitrogens with zero attached hydrogens (tertiary/aromatic N) is 2. The molecule has 4 nitrogen and oxygen atoms in total. The zero-order chi connectivity index (χ0) is 13.8. The molecule has 0 aromatic carbocycles. The van der Waals surface area contributed by atoms with Crippen LogP contribution in [0.5, 0.6) is 0 Å². The normalized spacial score (nSPS) is 16.2. The second kappa shape index (κ2) is 6.14. The number of hydrogen-bond acceptors (Lipinski definition) is 4. The van der Waals surface area contributed by atoms with E-state index in [1.165, 1.54) is 25.7 Å². The van der Waals surface area contributed by atoms with Crippen LogP contribution < -0.4 is 11.1 Å². The highest BCUT2D eigenvalue weighted by atomic mass is 19.1. The number of pyridine rings is 1. The summed E-state index contributed by atoms with van der Waals surface area (Å²) >= 11 is 0. The Hall–Kier alpha value is -1.43. The fourth-order valence-electron chi connectivity index (χ4n) is 2.48. The van der Waals surface area contributed by atoms with Crippen molar-refractivity contribution in [3.8, 4) is 0 Å². The average molecular weight is 270 g/mol. The van der Waals surface area contributed by atoms with E-state index >= 15 is 0 Å². The van der Waals surface area contributed by atoms with Crippen LogP contribution in [0, 0.1) is 11.6 Å². The van der Waals surface area contributed by atoms with E-state index in [0.717, 1.165) is 12.6 Å². The molecule has 1 aromatic heterocycles. The van der Waals surface area contributed by atoms with Gasteiger partial charge in [-0.2, -0.15) is 0 Å². The van der Waals surface area contributed by atoms with Gasteiger partial charge in [0.25, 0.3) is 0 Å². The van der Waals surface area contributed by atoms with Gasteiger partial charge in [-0.3, -0.25) is 0 Å². The van der Waals surface area contributed by atoms with Crippen LogP contribution in [-0.4, -0.2) is 36.1 Å². The van der Waals surface area contributed by atoms with Gasteiger partial charge in [0.1, 0.15) is 0 Å². The van der Waals surface area contributed by atoms with Crippen LogP contribution in [0.4, 0.5) is 20.4 Å². The van der Waals surface area contributed by atoms with Crippen molar-refractivity contribution in [2.24, 2.45) is 0 Å². The van der Waals surface area contributed by atoms with Gasteiger partial charge < -0.3 is 16.0 Å². The molecule has 106 valence electrons. The van der Waals surface area contributed by atoms with Crippen LogP contribution in [0.25, 0.3) is 0 Å². The quantitative estimate of drug-likeness (QED) is 0.861. The number of nitrogen functional groups attached to an aromatic ring is 1. The predicted molar refractivity (Wildman–Crippen MR) is 71.9 cm³/mol. The summed E-state index contributed by atoms with van der Waals surface area (Å²) in [5.41, 5.74) is 5.32. The lowest BCUT2D eigenvalue weighted by Gasteiger charge is -2.24. The summed E-state index contributed by atoms with van der Waals surface area (Å²) in [6, 6.07) is 1.38. The van der Waals surface area contributed by atoms with E-state index in [1.54, 1.807) is 0 Å². The summed E-state index contributed by atoms with van der Waals surface area (Å²) in [6.45, 7) is 1.35. The molecule has 1 heterocycles. The zero-order valence-corrected chi connectivity index (χ0v) is 11.1. The zero-order valence-electron chi connectivity index (χ0n) is 11.1. The van der Waals surface area contributed by atoms with Crippen molar-refractivity contribution < 1.29 is 8.78 Å². The Balaban J connectivity index is 1.83. The Morgan fingerprint density at radius 3 is 2.74 bits per heavy atom. The van der Waals surface area contributed by atoms with Crippen LogP contribution in [0.1, 0.15) is 25.7 Å². The van der Waals surface area contributed by atoms with Gasteiger partial charge in [0, 0.05) is 25.2 Å². The van der Waals surface area contributed by atoms with E-state index in [0.29, 0.717) is 12.6 Å². The number of halogens is 2.